The van der Waals surface area contributed by atoms with Crippen molar-refractivity contribution < 1.29 is 14.4 Å². The van der Waals surface area contributed by atoms with Crippen LogP contribution in [-0.2, 0) is 4.79 Å². The molecule has 1 aromatic carbocycles. The monoisotopic (exact) mass is 383 g/mol. The number of amides is 1. The second kappa shape index (κ2) is 8.52. The Kier molecular flexibility index (Phi) is 6.56. The zero-order chi connectivity index (χ0) is 21.2. The van der Waals surface area contributed by atoms with E-state index in [9.17, 15) is 14.4 Å². The minimum atomic E-state index is -0.513. The van der Waals surface area contributed by atoms with Crippen molar-refractivity contribution in [3.8, 4) is 0 Å². The summed E-state index contributed by atoms with van der Waals surface area (Å²) < 4.78 is 0. The molecule has 0 spiro atoms. The Morgan fingerprint density at radius 1 is 1.11 bits per heavy atom. The first-order valence-corrected chi connectivity index (χ1v) is 9.35. The van der Waals surface area contributed by atoms with E-state index in [1.54, 1.807) is 32.7 Å². The summed E-state index contributed by atoms with van der Waals surface area (Å²) in [5.74, 6) is -0.394. The van der Waals surface area contributed by atoms with Gasteiger partial charge < -0.3 is 10.3 Å². The third-order valence-corrected chi connectivity index (χ3v) is 5.35. The minimum Gasteiger partial charge on any atom is -0.355 e. The Balaban J connectivity index is 2.10. The molecule has 0 bridgehead atoms. The average molecular weight is 383 g/mol. The molecule has 1 aromatic heterocycles. The van der Waals surface area contributed by atoms with Gasteiger partial charge in [-0.1, -0.05) is 12.1 Å². The van der Waals surface area contributed by atoms with E-state index in [-0.39, 0.29) is 24.0 Å². The fraction of sp³-hybridized carbons (Fsp3) is 0.409. The van der Waals surface area contributed by atoms with E-state index in [4.69, 9.17) is 0 Å². The van der Waals surface area contributed by atoms with Crippen LogP contribution >= 0.6 is 0 Å². The van der Waals surface area contributed by atoms with Crippen molar-refractivity contribution in [3.63, 3.8) is 0 Å². The zero-order valence-corrected chi connectivity index (χ0v) is 17.7. The second-order valence-electron chi connectivity index (χ2n) is 7.43. The Morgan fingerprint density at radius 3 is 2.32 bits per heavy atom. The number of ketones is 2. The molecule has 0 saturated carbocycles. The molecule has 1 heterocycles. The van der Waals surface area contributed by atoms with Gasteiger partial charge in [0.1, 0.15) is 0 Å². The number of nitrogens with zero attached hydrogens (tertiary/aromatic N) is 1. The molecule has 1 unspecified atom stereocenters. The third kappa shape index (κ3) is 4.39. The maximum atomic E-state index is 12.9. The maximum absolute atomic E-state index is 12.9. The molecule has 0 fully saturated rings. The lowest BCUT2D eigenvalue weighted by atomic mass is 10.0. The third-order valence-electron chi connectivity index (χ3n) is 5.35. The van der Waals surface area contributed by atoms with Crippen LogP contribution in [0.4, 0.5) is 5.69 Å². The molecule has 1 amide bonds. The lowest BCUT2D eigenvalue weighted by Gasteiger charge is -2.23. The largest absolute Gasteiger partial charge is 0.355 e. The van der Waals surface area contributed by atoms with Crippen LogP contribution in [0.3, 0.4) is 0 Å². The number of nitrogens with one attached hydrogen (secondary N) is 2. The predicted octanol–water partition coefficient (Wildman–Crippen LogP) is 3.59. The molecule has 1 atom stereocenters. The second-order valence-corrected chi connectivity index (χ2v) is 7.43. The van der Waals surface area contributed by atoms with Crippen LogP contribution < -0.4 is 5.32 Å². The molecule has 28 heavy (non-hydrogen) atoms. The van der Waals surface area contributed by atoms with E-state index in [0.29, 0.717) is 22.5 Å². The summed E-state index contributed by atoms with van der Waals surface area (Å²) in [5.41, 5.74) is 5.25. The van der Waals surface area contributed by atoms with Gasteiger partial charge in [0.25, 0.3) is 0 Å². The maximum Gasteiger partial charge on any atom is 0.238 e. The molecule has 0 radical (unpaired) electrons. The van der Waals surface area contributed by atoms with Gasteiger partial charge in [-0.25, -0.2) is 0 Å². The minimum absolute atomic E-state index is 0.0702. The Morgan fingerprint density at radius 2 is 1.75 bits per heavy atom. The van der Waals surface area contributed by atoms with Crippen molar-refractivity contribution in [1.82, 2.24) is 9.88 Å². The number of benzene rings is 1. The van der Waals surface area contributed by atoms with Gasteiger partial charge in [-0.2, -0.15) is 0 Å². The van der Waals surface area contributed by atoms with Crippen molar-refractivity contribution in [2.24, 2.45) is 0 Å². The lowest BCUT2D eigenvalue weighted by Crippen LogP contribution is -2.41. The van der Waals surface area contributed by atoms with Gasteiger partial charge in [0.05, 0.1) is 18.3 Å². The first-order valence-electron chi connectivity index (χ1n) is 9.35. The van der Waals surface area contributed by atoms with E-state index >= 15 is 0 Å². The summed E-state index contributed by atoms with van der Waals surface area (Å²) in [4.78, 5) is 41.9. The van der Waals surface area contributed by atoms with Crippen LogP contribution in [0.5, 0.6) is 0 Å². The van der Waals surface area contributed by atoms with Crippen molar-refractivity contribution in [2.45, 2.75) is 47.6 Å². The van der Waals surface area contributed by atoms with Crippen LogP contribution in [0.2, 0.25) is 0 Å². The first kappa shape index (κ1) is 21.6. The SMILES string of the molecule is CC(=O)c1c(C)[nH]c(C(=O)C(C)N(C)CC(=O)Nc2cccc(C)c2C)c1C. The van der Waals surface area contributed by atoms with Crippen molar-refractivity contribution in [2.75, 3.05) is 18.9 Å². The van der Waals surface area contributed by atoms with Crippen LogP contribution in [0.25, 0.3) is 0 Å². The van der Waals surface area contributed by atoms with Crippen molar-refractivity contribution in [3.05, 3.63) is 51.8 Å². The summed E-state index contributed by atoms with van der Waals surface area (Å²) in [5, 5.41) is 2.91. The molecule has 0 aliphatic heterocycles. The van der Waals surface area contributed by atoms with Gasteiger partial charge in [0.15, 0.2) is 11.6 Å². The highest BCUT2D eigenvalue weighted by molar-refractivity contribution is 6.05. The van der Waals surface area contributed by atoms with Gasteiger partial charge in [-0.15, -0.1) is 0 Å². The molecular formula is C22H29N3O3. The first-order chi connectivity index (χ1) is 13.0. The van der Waals surface area contributed by atoms with Gasteiger partial charge in [-0.3, -0.25) is 19.3 Å². The normalized spacial score (nSPS) is 12.1. The molecule has 0 saturated heterocycles. The quantitative estimate of drug-likeness (QED) is 0.716. The molecule has 2 N–H and O–H groups in total. The standard InChI is InChI=1S/C22H29N3O3/c1-12-9-8-10-18(13(12)2)24-19(27)11-25(7)16(5)22(28)21-14(3)20(17(6)26)15(4)23-21/h8-10,16,23H,11H2,1-7H3,(H,24,27). The molecule has 6 nitrogen and oxygen atoms in total. The Bertz CT molecular complexity index is 927. The fourth-order valence-electron chi connectivity index (χ4n) is 3.37. The van der Waals surface area contributed by atoms with Gasteiger partial charge in [0, 0.05) is 16.9 Å². The average Bonchev–Trinajstić information content (AvgIpc) is 2.91. The molecular weight excluding hydrogens is 354 g/mol. The summed E-state index contributed by atoms with van der Waals surface area (Å²) in [6.45, 7) is 10.8. The van der Waals surface area contributed by atoms with Crippen LogP contribution in [-0.4, -0.2) is 47.0 Å². The van der Waals surface area contributed by atoms with Crippen LogP contribution in [0, 0.1) is 27.7 Å². The molecule has 6 heteroatoms. The number of rotatable bonds is 7. The van der Waals surface area contributed by atoms with E-state index < -0.39 is 6.04 Å². The predicted molar refractivity (Wildman–Crippen MR) is 111 cm³/mol. The number of aromatic amines is 1. The lowest BCUT2D eigenvalue weighted by molar-refractivity contribution is -0.117. The van der Waals surface area contributed by atoms with Gasteiger partial charge in [0.2, 0.25) is 5.91 Å². The van der Waals surface area contributed by atoms with E-state index in [1.165, 1.54) is 6.92 Å². The number of H-pyrrole nitrogens is 1. The Labute approximate surface area is 166 Å². The summed E-state index contributed by atoms with van der Waals surface area (Å²) >= 11 is 0. The molecule has 0 aliphatic rings. The van der Waals surface area contributed by atoms with E-state index in [0.717, 1.165) is 16.8 Å². The number of carbonyl (C=O) groups excluding carboxylic acids is 3. The van der Waals surface area contributed by atoms with Crippen LogP contribution in [0.1, 0.15) is 57.1 Å². The fourth-order valence-corrected chi connectivity index (χ4v) is 3.37. The number of carbonyl (C=O) groups is 3. The summed E-state index contributed by atoms with van der Waals surface area (Å²) in [6.07, 6.45) is 0. The highest BCUT2D eigenvalue weighted by Gasteiger charge is 2.26. The number of aryl methyl sites for hydroxylation is 2. The van der Waals surface area contributed by atoms with Crippen molar-refractivity contribution >= 4 is 23.2 Å². The highest BCUT2D eigenvalue weighted by Crippen LogP contribution is 2.21. The van der Waals surface area contributed by atoms with E-state index in [1.807, 2.05) is 32.0 Å². The number of likely N-dealkylation sites (N-methyl/N-ethyl adjacent to an activating group) is 1. The highest BCUT2D eigenvalue weighted by atomic mass is 16.2. The van der Waals surface area contributed by atoms with Crippen LogP contribution in [0.15, 0.2) is 18.2 Å². The molecule has 2 rings (SSSR count). The van der Waals surface area contributed by atoms with Gasteiger partial charge >= 0.3 is 0 Å². The summed E-state index contributed by atoms with van der Waals surface area (Å²) in [6, 6.07) is 5.24. The zero-order valence-electron chi connectivity index (χ0n) is 17.7. The molecule has 2 aromatic rings. The summed E-state index contributed by atoms with van der Waals surface area (Å²) in [7, 11) is 1.74. The smallest absolute Gasteiger partial charge is 0.238 e. The Hall–Kier alpha value is -2.73. The topological polar surface area (TPSA) is 82.3 Å². The molecule has 0 aliphatic carbocycles. The number of hydrogen-bond acceptors (Lipinski definition) is 4. The van der Waals surface area contributed by atoms with E-state index in [2.05, 4.69) is 10.3 Å². The number of anilines is 1. The number of hydrogen-bond donors (Lipinski definition) is 2. The number of aromatic nitrogens is 1. The number of Topliss-reactive ketones (excluding diaryl/α,β-unsaturated/α-hetero) is 2. The van der Waals surface area contributed by atoms with Crippen molar-refractivity contribution in [1.29, 1.82) is 0 Å². The van der Waals surface area contributed by atoms with Gasteiger partial charge in [-0.05, 0) is 71.3 Å². The molecule has 150 valence electrons.